The lowest BCUT2D eigenvalue weighted by Gasteiger charge is -2.21. The minimum atomic E-state index is -0.0941. The third-order valence-corrected chi connectivity index (χ3v) is 10.8. The Balaban J connectivity index is 4.95. The summed E-state index contributed by atoms with van der Waals surface area (Å²) in [7, 11) is 0. The first-order valence-electron chi connectivity index (χ1n) is 22.4. The lowest BCUT2D eigenvalue weighted by Crippen LogP contribution is -2.23. The van der Waals surface area contributed by atoms with E-state index in [1.807, 2.05) is 0 Å². The Morgan fingerprint density at radius 3 is 0.940 bits per heavy atom. The number of ether oxygens (including phenoxy) is 2. The van der Waals surface area contributed by atoms with Crippen molar-refractivity contribution in [3.63, 3.8) is 0 Å². The molecular formula is C45H88O5. The molecule has 0 aliphatic heterocycles. The van der Waals surface area contributed by atoms with Gasteiger partial charge >= 0.3 is 11.9 Å². The average molecular weight is 709 g/mol. The summed E-state index contributed by atoms with van der Waals surface area (Å²) in [5.74, 6) is 0.605. The molecule has 0 unspecified atom stereocenters. The van der Waals surface area contributed by atoms with Crippen molar-refractivity contribution in [1.29, 1.82) is 0 Å². The van der Waals surface area contributed by atoms with E-state index >= 15 is 0 Å². The molecule has 0 aromatic rings. The fraction of sp³-hybridized carbons (Fsp3) is 0.956. The molecule has 0 heterocycles. The van der Waals surface area contributed by atoms with Gasteiger partial charge in [-0.1, -0.05) is 188 Å². The third kappa shape index (κ3) is 34.0. The van der Waals surface area contributed by atoms with Crippen LogP contribution in [0.3, 0.4) is 0 Å². The van der Waals surface area contributed by atoms with Crippen molar-refractivity contribution in [2.24, 2.45) is 17.8 Å². The van der Waals surface area contributed by atoms with E-state index in [4.69, 9.17) is 9.47 Å². The van der Waals surface area contributed by atoms with Gasteiger partial charge in [0.2, 0.25) is 0 Å². The smallest absolute Gasteiger partial charge is 0.306 e. The number of esters is 2. The van der Waals surface area contributed by atoms with Gasteiger partial charge in [0, 0.05) is 25.4 Å². The molecule has 5 heteroatoms. The van der Waals surface area contributed by atoms with Crippen LogP contribution < -0.4 is 0 Å². The number of aliphatic hydroxyl groups excluding tert-OH is 1. The number of rotatable bonds is 40. The first-order valence-corrected chi connectivity index (χ1v) is 22.4. The number of aliphatic hydroxyl groups is 1. The standard InChI is InChI=1S/C45H88O5/c1-5-9-13-17-21-25-31-41(32-26-22-18-14-10-6-2)37-44(47)49-39-43(35-29-30-36-46)40-50-45(48)38-42(33-27-23-19-15-11-7-3)34-28-24-20-16-12-8-4/h41-43,46H,5-40H2,1-4H3. The predicted molar refractivity (Wildman–Crippen MR) is 215 cm³/mol. The highest BCUT2D eigenvalue weighted by atomic mass is 16.5. The first-order chi connectivity index (χ1) is 24.5. The second kappa shape index (κ2) is 39.1. The van der Waals surface area contributed by atoms with Crippen LogP contribution in [0, 0.1) is 17.8 Å². The molecule has 298 valence electrons. The molecule has 50 heavy (non-hydrogen) atoms. The zero-order valence-corrected chi connectivity index (χ0v) is 34.3. The van der Waals surface area contributed by atoms with E-state index in [0.717, 1.165) is 44.9 Å². The summed E-state index contributed by atoms with van der Waals surface area (Å²) in [6.07, 6.45) is 38.5. The van der Waals surface area contributed by atoms with Gasteiger partial charge in [0.25, 0.3) is 0 Å². The molecule has 0 aliphatic rings. The van der Waals surface area contributed by atoms with E-state index in [9.17, 15) is 14.7 Å². The van der Waals surface area contributed by atoms with E-state index in [-0.39, 0.29) is 24.5 Å². The van der Waals surface area contributed by atoms with Gasteiger partial charge in [-0.3, -0.25) is 9.59 Å². The van der Waals surface area contributed by atoms with Gasteiger partial charge in [0.05, 0.1) is 13.2 Å². The van der Waals surface area contributed by atoms with Crippen LogP contribution in [0.15, 0.2) is 0 Å². The van der Waals surface area contributed by atoms with E-state index in [2.05, 4.69) is 27.7 Å². The second-order valence-electron chi connectivity index (χ2n) is 15.8. The second-order valence-corrected chi connectivity index (χ2v) is 15.8. The van der Waals surface area contributed by atoms with Gasteiger partial charge in [-0.25, -0.2) is 0 Å². The molecule has 0 aliphatic carbocycles. The summed E-state index contributed by atoms with van der Waals surface area (Å²) in [5.41, 5.74) is 0. The highest BCUT2D eigenvalue weighted by Crippen LogP contribution is 2.25. The number of unbranched alkanes of at least 4 members (excludes halogenated alkanes) is 21. The van der Waals surface area contributed by atoms with Crippen molar-refractivity contribution in [3.05, 3.63) is 0 Å². The van der Waals surface area contributed by atoms with E-state index in [1.165, 1.54) is 154 Å². The molecule has 0 amide bonds. The Morgan fingerprint density at radius 2 is 0.640 bits per heavy atom. The zero-order chi connectivity index (χ0) is 36.8. The molecule has 0 spiro atoms. The Hall–Kier alpha value is -1.10. The van der Waals surface area contributed by atoms with Gasteiger partial charge in [-0.2, -0.15) is 0 Å². The Kier molecular flexibility index (Phi) is 38.3. The number of hydrogen-bond donors (Lipinski definition) is 1. The fourth-order valence-electron chi connectivity index (χ4n) is 7.32. The molecule has 0 fully saturated rings. The third-order valence-electron chi connectivity index (χ3n) is 10.8. The lowest BCUT2D eigenvalue weighted by molar-refractivity contribution is -0.150. The molecule has 0 radical (unpaired) electrons. The van der Waals surface area contributed by atoms with E-state index in [1.54, 1.807) is 0 Å². The molecule has 0 bridgehead atoms. The van der Waals surface area contributed by atoms with Crippen LogP contribution in [0.25, 0.3) is 0 Å². The molecule has 1 N–H and O–H groups in total. The van der Waals surface area contributed by atoms with Crippen LogP contribution in [0.4, 0.5) is 0 Å². The maximum Gasteiger partial charge on any atom is 0.306 e. The average Bonchev–Trinajstić information content (AvgIpc) is 3.11. The summed E-state index contributed by atoms with van der Waals surface area (Å²) in [6.45, 7) is 9.80. The highest BCUT2D eigenvalue weighted by Gasteiger charge is 2.20. The van der Waals surface area contributed by atoms with Gasteiger partial charge < -0.3 is 14.6 Å². The van der Waals surface area contributed by atoms with Crippen LogP contribution in [0.2, 0.25) is 0 Å². The van der Waals surface area contributed by atoms with Crippen molar-refractivity contribution in [2.75, 3.05) is 19.8 Å². The first kappa shape index (κ1) is 48.9. The van der Waals surface area contributed by atoms with Crippen LogP contribution in [0.5, 0.6) is 0 Å². The SMILES string of the molecule is CCCCCCCCC(CCCCCCCC)CC(=O)OCC(CCCCO)COC(=O)CC(CCCCCCCC)CCCCCCCC. The molecule has 0 saturated heterocycles. The zero-order valence-electron chi connectivity index (χ0n) is 34.3. The van der Waals surface area contributed by atoms with Gasteiger partial charge in [-0.15, -0.1) is 0 Å². The van der Waals surface area contributed by atoms with Crippen LogP contribution >= 0.6 is 0 Å². The fourth-order valence-corrected chi connectivity index (χ4v) is 7.32. The molecule has 0 aromatic heterocycles. The Bertz CT molecular complexity index is 624. The van der Waals surface area contributed by atoms with Crippen molar-refractivity contribution >= 4 is 11.9 Å². The molecule has 5 nitrogen and oxygen atoms in total. The Labute approximate surface area is 312 Å². The Morgan fingerprint density at radius 1 is 0.380 bits per heavy atom. The molecule has 0 saturated carbocycles. The van der Waals surface area contributed by atoms with Gasteiger partial charge in [-0.05, 0) is 50.4 Å². The van der Waals surface area contributed by atoms with Crippen LogP contribution in [0.1, 0.15) is 240 Å². The highest BCUT2D eigenvalue weighted by molar-refractivity contribution is 5.70. The van der Waals surface area contributed by atoms with Gasteiger partial charge in [0.1, 0.15) is 0 Å². The van der Waals surface area contributed by atoms with Crippen LogP contribution in [-0.4, -0.2) is 36.9 Å². The normalized spacial score (nSPS) is 11.7. The summed E-state index contributed by atoms with van der Waals surface area (Å²) in [6, 6.07) is 0. The maximum absolute atomic E-state index is 13.1. The number of carbonyl (C=O) groups is 2. The van der Waals surface area contributed by atoms with E-state index < -0.39 is 0 Å². The van der Waals surface area contributed by atoms with Crippen molar-refractivity contribution in [1.82, 2.24) is 0 Å². The monoisotopic (exact) mass is 709 g/mol. The van der Waals surface area contributed by atoms with Crippen molar-refractivity contribution in [3.8, 4) is 0 Å². The van der Waals surface area contributed by atoms with Crippen molar-refractivity contribution in [2.45, 2.75) is 240 Å². The summed E-state index contributed by atoms with van der Waals surface area (Å²) in [4.78, 5) is 26.2. The summed E-state index contributed by atoms with van der Waals surface area (Å²) < 4.78 is 11.8. The minimum Gasteiger partial charge on any atom is -0.465 e. The topological polar surface area (TPSA) is 72.8 Å². The van der Waals surface area contributed by atoms with Crippen molar-refractivity contribution < 1.29 is 24.2 Å². The van der Waals surface area contributed by atoms with Gasteiger partial charge in [0.15, 0.2) is 0 Å². The number of hydrogen-bond acceptors (Lipinski definition) is 5. The lowest BCUT2D eigenvalue weighted by atomic mass is 9.91. The maximum atomic E-state index is 13.1. The molecule has 0 rings (SSSR count). The predicted octanol–water partition coefficient (Wildman–Crippen LogP) is 13.9. The number of carbonyl (C=O) groups excluding carboxylic acids is 2. The quantitative estimate of drug-likeness (QED) is 0.0507. The summed E-state index contributed by atoms with van der Waals surface area (Å²) >= 11 is 0. The molecule has 0 atom stereocenters. The molecular weight excluding hydrogens is 620 g/mol. The van der Waals surface area contributed by atoms with Crippen LogP contribution in [-0.2, 0) is 19.1 Å². The largest absolute Gasteiger partial charge is 0.465 e. The minimum absolute atomic E-state index is 0.0133. The molecule has 0 aromatic carbocycles. The van der Waals surface area contributed by atoms with E-state index in [0.29, 0.717) is 37.9 Å². The summed E-state index contributed by atoms with van der Waals surface area (Å²) in [5, 5.41) is 9.37.